The molecule has 1 aliphatic carbocycles. The van der Waals surface area contributed by atoms with E-state index in [0.717, 1.165) is 12.8 Å². The Morgan fingerprint density at radius 3 is 2.18 bits per heavy atom. The predicted molar refractivity (Wildman–Crippen MR) is 41.8 cm³/mol. The Bertz CT molecular complexity index is 224. The molecular weight excluding hydrogens is 166 g/mol. The molecule has 0 aromatic rings. The summed E-state index contributed by atoms with van der Waals surface area (Å²) in [5.41, 5.74) is 5.53. The van der Waals surface area contributed by atoms with Gasteiger partial charge in [-0.05, 0) is 12.8 Å². The van der Waals surface area contributed by atoms with Gasteiger partial charge in [-0.2, -0.15) is 8.42 Å². The van der Waals surface area contributed by atoms with Gasteiger partial charge in [0.1, 0.15) is 5.25 Å². The van der Waals surface area contributed by atoms with E-state index >= 15 is 0 Å². The van der Waals surface area contributed by atoms with E-state index in [1.165, 1.54) is 0 Å². The van der Waals surface area contributed by atoms with Crippen molar-refractivity contribution < 1.29 is 13.0 Å². The Labute approximate surface area is 66.5 Å². The Kier molecular flexibility index (Phi) is 2.51. The maximum Gasteiger partial charge on any atom is 0.269 e. The number of rotatable bonds is 1. The van der Waals surface area contributed by atoms with Crippen LogP contribution in [0.5, 0.6) is 0 Å². The van der Waals surface area contributed by atoms with Crippen molar-refractivity contribution in [2.24, 2.45) is 5.73 Å². The molecule has 0 aliphatic heterocycles. The first-order valence-corrected chi connectivity index (χ1v) is 5.24. The van der Waals surface area contributed by atoms with Crippen LogP contribution in [0.1, 0.15) is 25.7 Å². The minimum atomic E-state index is -3.90. The second kappa shape index (κ2) is 3.08. The molecule has 0 saturated heterocycles. The summed E-state index contributed by atoms with van der Waals surface area (Å²) < 4.78 is 30.0. The van der Waals surface area contributed by atoms with Gasteiger partial charge in [-0.3, -0.25) is 4.55 Å². The van der Waals surface area contributed by atoms with Crippen LogP contribution in [0, 0.1) is 0 Å². The average molecular weight is 179 g/mol. The molecule has 0 radical (unpaired) electrons. The highest BCUT2D eigenvalue weighted by molar-refractivity contribution is 7.86. The largest absolute Gasteiger partial charge is 0.326 e. The second-order valence-electron chi connectivity index (χ2n) is 3.00. The van der Waals surface area contributed by atoms with Crippen molar-refractivity contribution in [3.05, 3.63) is 0 Å². The van der Waals surface area contributed by atoms with Crippen LogP contribution < -0.4 is 5.73 Å². The molecule has 0 amide bonds. The molecule has 0 spiro atoms. The first-order valence-electron chi connectivity index (χ1n) is 3.73. The van der Waals surface area contributed by atoms with Crippen LogP contribution in [0.4, 0.5) is 0 Å². The Balaban J connectivity index is 2.70. The van der Waals surface area contributed by atoms with E-state index in [1.807, 2.05) is 0 Å². The zero-order valence-corrected chi connectivity index (χ0v) is 7.05. The summed E-state index contributed by atoms with van der Waals surface area (Å²) in [4.78, 5) is 0. The Hall–Kier alpha value is -0.130. The van der Waals surface area contributed by atoms with Crippen LogP contribution in [0.2, 0.25) is 0 Å². The molecule has 0 unspecified atom stereocenters. The van der Waals surface area contributed by atoms with Crippen LogP contribution in [0.25, 0.3) is 0 Å². The topological polar surface area (TPSA) is 80.4 Å². The van der Waals surface area contributed by atoms with Gasteiger partial charge < -0.3 is 5.73 Å². The highest BCUT2D eigenvalue weighted by Gasteiger charge is 2.31. The smallest absolute Gasteiger partial charge is 0.269 e. The molecule has 1 saturated carbocycles. The van der Waals surface area contributed by atoms with Crippen molar-refractivity contribution in [3.63, 3.8) is 0 Å². The first-order chi connectivity index (χ1) is 5.02. The minimum Gasteiger partial charge on any atom is -0.326 e. The molecule has 0 aromatic heterocycles. The fraction of sp³-hybridized carbons (Fsp3) is 1.00. The molecule has 1 fully saturated rings. The van der Waals surface area contributed by atoms with Gasteiger partial charge in [0.25, 0.3) is 10.1 Å². The van der Waals surface area contributed by atoms with E-state index in [-0.39, 0.29) is 6.04 Å². The molecular formula is C6H13NO3S. The second-order valence-corrected chi connectivity index (χ2v) is 4.64. The number of hydrogen-bond acceptors (Lipinski definition) is 3. The van der Waals surface area contributed by atoms with Gasteiger partial charge in [-0.1, -0.05) is 12.8 Å². The summed E-state index contributed by atoms with van der Waals surface area (Å²) >= 11 is 0. The molecule has 1 aliphatic rings. The van der Waals surface area contributed by atoms with Crippen LogP contribution in [0.3, 0.4) is 0 Å². The van der Waals surface area contributed by atoms with Gasteiger partial charge in [0, 0.05) is 6.04 Å². The van der Waals surface area contributed by atoms with E-state index in [1.54, 1.807) is 0 Å². The van der Waals surface area contributed by atoms with Crippen LogP contribution in [0.15, 0.2) is 0 Å². The highest BCUT2D eigenvalue weighted by atomic mass is 32.2. The van der Waals surface area contributed by atoms with Crippen LogP contribution >= 0.6 is 0 Å². The number of hydrogen-bond donors (Lipinski definition) is 2. The van der Waals surface area contributed by atoms with Crippen molar-refractivity contribution in [1.29, 1.82) is 0 Å². The lowest BCUT2D eigenvalue weighted by atomic mass is 9.96. The van der Waals surface area contributed by atoms with E-state index in [4.69, 9.17) is 10.3 Å². The summed E-state index contributed by atoms with van der Waals surface area (Å²) in [6, 6.07) is -0.376. The van der Waals surface area contributed by atoms with Crippen molar-refractivity contribution in [3.8, 4) is 0 Å². The zero-order chi connectivity index (χ0) is 8.48. The molecule has 66 valence electrons. The SMILES string of the molecule is N[C@H]1CCCC[C@H]1S(=O)(=O)O. The third-order valence-electron chi connectivity index (χ3n) is 2.14. The molecule has 3 N–H and O–H groups in total. The maximum atomic E-state index is 10.7. The van der Waals surface area contributed by atoms with Crippen molar-refractivity contribution >= 4 is 10.1 Å². The van der Waals surface area contributed by atoms with E-state index in [2.05, 4.69) is 0 Å². The summed E-state index contributed by atoms with van der Waals surface area (Å²) in [7, 11) is -3.90. The summed E-state index contributed by atoms with van der Waals surface area (Å²) in [6.07, 6.45) is 3.01. The molecule has 4 nitrogen and oxygen atoms in total. The third kappa shape index (κ3) is 2.15. The predicted octanol–water partition coefficient (Wildman–Crippen LogP) is 0.144. The molecule has 0 bridgehead atoms. The van der Waals surface area contributed by atoms with E-state index in [0.29, 0.717) is 12.8 Å². The standard InChI is InChI=1S/C6H13NO3S/c7-5-3-1-2-4-6(5)11(8,9)10/h5-6H,1-4,7H2,(H,8,9,10)/t5-,6+/m0/s1. The fourth-order valence-electron chi connectivity index (χ4n) is 1.50. The quantitative estimate of drug-likeness (QED) is 0.561. The van der Waals surface area contributed by atoms with E-state index in [9.17, 15) is 8.42 Å². The highest BCUT2D eigenvalue weighted by Crippen LogP contribution is 2.21. The number of nitrogens with two attached hydrogens (primary N) is 1. The van der Waals surface area contributed by atoms with Crippen molar-refractivity contribution in [2.75, 3.05) is 0 Å². The third-order valence-corrected chi connectivity index (χ3v) is 3.49. The van der Waals surface area contributed by atoms with Gasteiger partial charge in [0.2, 0.25) is 0 Å². The summed E-state index contributed by atoms with van der Waals surface area (Å²) in [6.45, 7) is 0. The van der Waals surface area contributed by atoms with Crippen molar-refractivity contribution in [1.82, 2.24) is 0 Å². The van der Waals surface area contributed by atoms with Crippen molar-refractivity contribution in [2.45, 2.75) is 37.0 Å². The molecule has 5 heteroatoms. The maximum absolute atomic E-state index is 10.7. The van der Waals surface area contributed by atoms with Gasteiger partial charge in [0.05, 0.1) is 0 Å². The Morgan fingerprint density at radius 1 is 1.27 bits per heavy atom. The molecule has 0 aromatic carbocycles. The Morgan fingerprint density at radius 2 is 1.82 bits per heavy atom. The van der Waals surface area contributed by atoms with Crippen LogP contribution in [-0.4, -0.2) is 24.3 Å². The molecule has 1 rings (SSSR count). The van der Waals surface area contributed by atoms with Gasteiger partial charge in [-0.15, -0.1) is 0 Å². The summed E-state index contributed by atoms with van der Waals surface area (Å²) in [5, 5.41) is -0.726. The zero-order valence-electron chi connectivity index (χ0n) is 6.23. The monoisotopic (exact) mass is 179 g/mol. The molecule has 2 atom stereocenters. The van der Waals surface area contributed by atoms with Gasteiger partial charge in [0.15, 0.2) is 0 Å². The van der Waals surface area contributed by atoms with E-state index < -0.39 is 15.4 Å². The first kappa shape index (κ1) is 8.96. The van der Waals surface area contributed by atoms with Gasteiger partial charge >= 0.3 is 0 Å². The van der Waals surface area contributed by atoms with Crippen LogP contribution in [-0.2, 0) is 10.1 Å². The lowest BCUT2D eigenvalue weighted by molar-refractivity contribution is 0.395. The minimum absolute atomic E-state index is 0.376. The lowest BCUT2D eigenvalue weighted by Crippen LogP contribution is -2.42. The lowest BCUT2D eigenvalue weighted by Gasteiger charge is -2.25. The molecule has 0 heterocycles. The average Bonchev–Trinajstić information content (AvgIpc) is 1.86. The fourth-order valence-corrected chi connectivity index (χ4v) is 2.54. The van der Waals surface area contributed by atoms with Gasteiger partial charge in [-0.25, -0.2) is 0 Å². The summed E-state index contributed by atoms with van der Waals surface area (Å²) in [5.74, 6) is 0. The molecule has 11 heavy (non-hydrogen) atoms. The normalized spacial score (nSPS) is 33.6.